The fourth-order valence-corrected chi connectivity index (χ4v) is 3.92. The van der Waals surface area contributed by atoms with E-state index in [2.05, 4.69) is 49.2 Å². The van der Waals surface area contributed by atoms with E-state index < -0.39 is 0 Å². The maximum Gasteiger partial charge on any atom is 0.194 e. The van der Waals surface area contributed by atoms with Gasteiger partial charge < -0.3 is 15.0 Å². The van der Waals surface area contributed by atoms with Crippen LogP contribution in [0.25, 0.3) is 0 Å². The SMILES string of the molecule is CN=C(NCC1(SC)CCOCC1)N1CC(C)(C)C1(C)C.I. The van der Waals surface area contributed by atoms with Crippen molar-refractivity contribution in [3.63, 3.8) is 0 Å². The van der Waals surface area contributed by atoms with Crippen LogP contribution in [0.1, 0.15) is 40.5 Å². The lowest BCUT2D eigenvalue weighted by Crippen LogP contribution is -2.72. The quantitative estimate of drug-likeness (QED) is 0.415. The smallest absolute Gasteiger partial charge is 0.194 e. The van der Waals surface area contributed by atoms with E-state index in [9.17, 15) is 0 Å². The van der Waals surface area contributed by atoms with Crippen LogP contribution in [-0.2, 0) is 4.74 Å². The number of hydrogen-bond acceptors (Lipinski definition) is 3. The van der Waals surface area contributed by atoms with Gasteiger partial charge in [0.05, 0.1) is 0 Å². The topological polar surface area (TPSA) is 36.9 Å². The minimum absolute atomic E-state index is 0. The van der Waals surface area contributed by atoms with Gasteiger partial charge in [-0.2, -0.15) is 11.8 Å². The molecule has 0 aromatic rings. The van der Waals surface area contributed by atoms with Gasteiger partial charge >= 0.3 is 0 Å². The number of nitrogens with one attached hydrogen (secondary N) is 1. The minimum Gasteiger partial charge on any atom is -0.381 e. The molecule has 6 heteroatoms. The molecule has 0 atom stereocenters. The van der Waals surface area contributed by atoms with E-state index in [0.29, 0.717) is 10.2 Å². The Bertz CT molecular complexity index is 406. The number of hydrogen-bond donors (Lipinski definition) is 1. The standard InChI is InChI=1S/C16H31N3OS.HI/c1-14(2)12-19(15(14,3)4)13(17-5)18-11-16(21-6)7-9-20-10-8-16;/h7-12H2,1-6H3,(H,17,18);1H. The van der Waals surface area contributed by atoms with Crippen LogP contribution in [0.4, 0.5) is 0 Å². The van der Waals surface area contributed by atoms with E-state index in [1.165, 1.54) is 0 Å². The van der Waals surface area contributed by atoms with Crippen LogP contribution in [0.2, 0.25) is 0 Å². The lowest BCUT2D eigenvalue weighted by molar-refractivity contribution is -0.0668. The number of ether oxygens (including phenoxy) is 1. The van der Waals surface area contributed by atoms with Gasteiger partial charge in [-0.25, -0.2) is 0 Å². The van der Waals surface area contributed by atoms with Crippen LogP contribution >= 0.6 is 35.7 Å². The Morgan fingerprint density at radius 3 is 2.23 bits per heavy atom. The molecule has 2 rings (SSSR count). The molecular formula is C16H32IN3OS. The summed E-state index contributed by atoms with van der Waals surface area (Å²) in [5, 5.41) is 3.63. The Morgan fingerprint density at radius 2 is 1.82 bits per heavy atom. The summed E-state index contributed by atoms with van der Waals surface area (Å²) >= 11 is 1.97. The zero-order valence-corrected chi connectivity index (χ0v) is 18.0. The molecule has 2 fully saturated rings. The Labute approximate surface area is 157 Å². The molecule has 2 saturated heterocycles. The van der Waals surface area contributed by atoms with E-state index in [1.54, 1.807) is 0 Å². The minimum atomic E-state index is 0. The first kappa shape index (κ1) is 20.4. The lowest BCUT2D eigenvalue weighted by Gasteiger charge is -2.62. The predicted octanol–water partition coefficient (Wildman–Crippen LogP) is 3.21. The average Bonchev–Trinajstić information content (AvgIpc) is 2.47. The van der Waals surface area contributed by atoms with E-state index >= 15 is 0 Å². The molecule has 0 aromatic heterocycles. The Balaban J connectivity index is 0.00000242. The zero-order valence-electron chi connectivity index (χ0n) is 14.9. The van der Waals surface area contributed by atoms with Gasteiger partial charge in [-0.05, 0) is 32.9 Å². The van der Waals surface area contributed by atoms with Gasteiger partial charge in [-0.3, -0.25) is 4.99 Å². The summed E-state index contributed by atoms with van der Waals surface area (Å²) in [5.74, 6) is 1.04. The van der Waals surface area contributed by atoms with E-state index in [4.69, 9.17) is 4.74 Å². The van der Waals surface area contributed by atoms with E-state index in [1.807, 2.05) is 18.8 Å². The summed E-state index contributed by atoms with van der Waals surface area (Å²) in [5.41, 5.74) is 0.484. The van der Waals surface area contributed by atoms with Gasteiger partial charge in [-0.1, -0.05) is 13.8 Å². The molecule has 0 bridgehead atoms. The van der Waals surface area contributed by atoms with Crippen LogP contribution in [0, 0.1) is 5.41 Å². The summed E-state index contributed by atoms with van der Waals surface area (Å²) in [6.07, 6.45) is 4.45. The highest BCUT2D eigenvalue weighted by molar-refractivity contribution is 14.0. The van der Waals surface area contributed by atoms with Crippen molar-refractivity contribution in [2.75, 3.05) is 39.6 Å². The van der Waals surface area contributed by atoms with Crippen LogP contribution in [0.3, 0.4) is 0 Å². The molecule has 2 aliphatic heterocycles. The number of thioether (sulfide) groups is 1. The summed E-state index contributed by atoms with van der Waals surface area (Å²) in [7, 11) is 1.89. The highest BCUT2D eigenvalue weighted by atomic mass is 127. The fourth-order valence-electron chi connectivity index (χ4n) is 3.13. The van der Waals surface area contributed by atoms with Crippen molar-refractivity contribution >= 4 is 41.7 Å². The number of nitrogens with zero attached hydrogens (tertiary/aromatic N) is 2. The largest absolute Gasteiger partial charge is 0.381 e. The molecule has 0 aromatic carbocycles. The van der Waals surface area contributed by atoms with Gasteiger partial charge in [0.1, 0.15) is 0 Å². The van der Waals surface area contributed by atoms with Crippen molar-refractivity contribution in [1.29, 1.82) is 0 Å². The monoisotopic (exact) mass is 441 g/mol. The Kier molecular flexibility index (Phi) is 6.91. The molecule has 0 saturated carbocycles. The number of likely N-dealkylation sites (tertiary alicyclic amines) is 1. The van der Waals surface area contributed by atoms with Crippen molar-refractivity contribution in [2.45, 2.75) is 50.8 Å². The first-order valence-electron chi connectivity index (χ1n) is 7.89. The molecule has 22 heavy (non-hydrogen) atoms. The zero-order chi connectivity index (χ0) is 15.7. The molecule has 2 aliphatic rings. The van der Waals surface area contributed by atoms with Crippen LogP contribution in [0.15, 0.2) is 4.99 Å². The fraction of sp³-hybridized carbons (Fsp3) is 0.938. The van der Waals surface area contributed by atoms with Crippen molar-refractivity contribution in [1.82, 2.24) is 10.2 Å². The van der Waals surface area contributed by atoms with E-state index in [-0.39, 0.29) is 29.5 Å². The highest BCUT2D eigenvalue weighted by Crippen LogP contribution is 2.46. The second-order valence-corrected chi connectivity index (χ2v) is 8.70. The summed E-state index contributed by atoms with van der Waals surface area (Å²) in [6.45, 7) is 13.1. The Morgan fingerprint density at radius 1 is 1.23 bits per heavy atom. The third-order valence-electron chi connectivity index (χ3n) is 5.76. The normalized spacial score (nSPS) is 25.9. The summed E-state index contributed by atoms with van der Waals surface area (Å²) in [4.78, 5) is 6.92. The summed E-state index contributed by atoms with van der Waals surface area (Å²) < 4.78 is 5.81. The van der Waals surface area contributed by atoms with Crippen LogP contribution in [0.5, 0.6) is 0 Å². The average molecular weight is 441 g/mol. The van der Waals surface area contributed by atoms with Crippen LogP contribution < -0.4 is 5.32 Å². The number of halogens is 1. The molecule has 130 valence electrons. The van der Waals surface area contributed by atoms with Crippen LogP contribution in [-0.4, -0.2) is 60.8 Å². The molecule has 1 N–H and O–H groups in total. The molecule has 4 nitrogen and oxygen atoms in total. The maximum absolute atomic E-state index is 5.52. The van der Waals surface area contributed by atoms with Gasteiger partial charge in [0.2, 0.25) is 0 Å². The molecule has 0 radical (unpaired) electrons. The molecule has 0 spiro atoms. The molecule has 2 heterocycles. The van der Waals surface area contributed by atoms with Gasteiger partial charge in [0.25, 0.3) is 0 Å². The maximum atomic E-state index is 5.52. The van der Waals surface area contributed by atoms with Crippen molar-refractivity contribution in [2.24, 2.45) is 10.4 Å². The first-order chi connectivity index (χ1) is 9.78. The molecule has 0 amide bonds. The van der Waals surface area contributed by atoms with Crippen molar-refractivity contribution < 1.29 is 4.74 Å². The molecule has 0 aliphatic carbocycles. The third kappa shape index (κ3) is 3.69. The molecule has 0 unspecified atom stereocenters. The van der Waals surface area contributed by atoms with Crippen molar-refractivity contribution in [3.8, 4) is 0 Å². The predicted molar refractivity (Wildman–Crippen MR) is 108 cm³/mol. The lowest BCUT2D eigenvalue weighted by atomic mass is 9.65. The third-order valence-corrected chi connectivity index (χ3v) is 7.18. The molecular weight excluding hydrogens is 409 g/mol. The number of rotatable bonds is 3. The second kappa shape index (κ2) is 7.47. The van der Waals surface area contributed by atoms with Gasteiger partial charge in [0, 0.05) is 49.1 Å². The number of aliphatic imine (C=N–C) groups is 1. The Hall–Kier alpha value is 0.310. The van der Waals surface area contributed by atoms with Crippen molar-refractivity contribution in [3.05, 3.63) is 0 Å². The summed E-state index contributed by atoms with van der Waals surface area (Å²) in [6, 6.07) is 0. The van der Waals surface area contributed by atoms with E-state index in [0.717, 1.165) is 45.1 Å². The second-order valence-electron chi connectivity index (χ2n) is 7.43. The highest BCUT2D eigenvalue weighted by Gasteiger charge is 2.53. The number of guanidine groups is 1. The van der Waals surface area contributed by atoms with Gasteiger partial charge in [0.15, 0.2) is 5.96 Å². The van der Waals surface area contributed by atoms with Gasteiger partial charge in [-0.15, -0.1) is 24.0 Å². The first-order valence-corrected chi connectivity index (χ1v) is 9.12.